The van der Waals surface area contributed by atoms with Crippen LogP contribution in [0.15, 0.2) is 24.3 Å². The molecular weight excluding hydrogens is 293 g/mol. The molecule has 3 nitrogen and oxygen atoms in total. The third-order valence-electron chi connectivity index (χ3n) is 3.76. The normalized spacial score (nSPS) is 16.7. The molecule has 1 N–H and O–H groups in total. The van der Waals surface area contributed by atoms with Crippen molar-refractivity contribution in [1.82, 2.24) is 15.2 Å². The van der Waals surface area contributed by atoms with Crippen LogP contribution in [0.1, 0.15) is 5.56 Å². The molecule has 1 aromatic heterocycles. The van der Waals surface area contributed by atoms with Crippen molar-refractivity contribution in [2.75, 3.05) is 32.7 Å². The lowest BCUT2D eigenvalue weighted by molar-refractivity contribution is 0.244. The van der Waals surface area contributed by atoms with E-state index in [-0.39, 0.29) is 0 Å². The Labute approximate surface area is 128 Å². The number of piperazine rings is 1. The monoisotopic (exact) mass is 309 g/mol. The van der Waals surface area contributed by atoms with Gasteiger partial charge in [0.05, 0.1) is 10.5 Å². The third-order valence-corrected chi connectivity index (χ3v) is 4.42. The largest absolute Gasteiger partial charge is 0.314 e. The van der Waals surface area contributed by atoms with Gasteiger partial charge >= 0.3 is 0 Å². The summed E-state index contributed by atoms with van der Waals surface area (Å²) in [5.74, 6) is 0. The van der Waals surface area contributed by atoms with Gasteiger partial charge in [0, 0.05) is 38.1 Å². The van der Waals surface area contributed by atoms with E-state index in [0.717, 1.165) is 55.1 Å². The number of fused-ring (bicyclic) bond motifs is 1. The highest BCUT2D eigenvalue weighted by Gasteiger charge is 2.11. The fourth-order valence-corrected chi connectivity index (χ4v) is 3.07. The fraction of sp³-hybridized carbons (Fsp3) is 0.400. The molecule has 0 aliphatic carbocycles. The van der Waals surface area contributed by atoms with Crippen LogP contribution in [-0.4, -0.2) is 42.6 Å². The zero-order valence-electron chi connectivity index (χ0n) is 11.2. The predicted molar refractivity (Wildman–Crippen MR) is 84.8 cm³/mol. The van der Waals surface area contributed by atoms with Crippen molar-refractivity contribution in [1.29, 1.82) is 0 Å². The molecule has 1 aliphatic rings. The highest BCUT2D eigenvalue weighted by atomic mass is 35.5. The Hall–Kier alpha value is -0.870. The van der Waals surface area contributed by atoms with E-state index in [1.807, 2.05) is 12.1 Å². The van der Waals surface area contributed by atoms with E-state index in [0.29, 0.717) is 5.15 Å². The highest BCUT2D eigenvalue weighted by Crippen LogP contribution is 2.27. The summed E-state index contributed by atoms with van der Waals surface area (Å²) in [5, 5.41) is 5.65. The molecule has 106 valence electrons. The lowest BCUT2D eigenvalue weighted by Crippen LogP contribution is -2.44. The Balaban J connectivity index is 1.77. The molecule has 0 bridgehead atoms. The highest BCUT2D eigenvalue weighted by molar-refractivity contribution is 6.36. The maximum Gasteiger partial charge on any atom is 0.129 e. The molecule has 0 unspecified atom stereocenters. The summed E-state index contributed by atoms with van der Waals surface area (Å²) in [6.07, 6.45) is 0.970. The molecule has 1 aromatic carbocycles. The third kappa shape index (κ3) is 3.07. The molecule has 5 heteroatoms. The van der Waals surface area contributed by atoms with Crippen LogP contribution < -0.4 is 5.32 Å². The number of aromatic nitrogens is 1. The molecule has 0 radical (unpaired) electrons. The van der Waals surface area contributed by atoms with Gasteiger partial charge in [0.2, 0.25) is 0 Å². The van der Waals surface area contributed by atoms with Crippen molar-refractivity contribution in [3.8, 4) is 0 Å². The van der Waals surface area contributed by atoms with Gasteiger partial charge in [0.25, 0.3) is 0 Å². The number of benzene rings is 1. The molecule has 1 saturated heterocycles. The van der Waals surface area contributed by atoms with Gasteiger partial charge in [0.15, 0.2) is 0 Å². The summed E-state index contributed by atoms with van der Waals surface area (Å²) >= 11 is 12.4. The van der Waals surface area contributed by atoms with Crippen molar-refractivity contribution >= 4 is 34.1 Å². The molecule has 0 amide bonds. The smallest absolute Gasteiger partial charge is 0.129 e. The van der Waals surface area contributed by atoms with Crippen LogP contribution in [0.25, 0.3) is 10.9 Å². The number of halogens is 2. The van der Waals surface area contributed by atoms with Gasteiger partial charge in [-0.15, -0.1) is 0 Å². The zero-order chi connectivity index (χ0) is 13.9. The van der Waals surface area contributed by atoms with Gasteiger partial charge in [-0.05, 0) is 30.2 Å². The van der Waals surface area contributed by atoms with Crippen LogP contribution in [-0.2, 0) is 6.42 Å². The molecular formula is C15H17Cl2N3. The minimum Gasteiger partial charge on any atom is -0.314 e. The van der Waals surface area contributed by atoms with Gasteiger partial charge in [-0.25, -0.2) is 4.98 Å². The fourth-order valence-electron chi connectivity index (χ4n) is 2.59. The van der Waals surface area contributed by atoms with E-state index in [2.05, 4.69) is 21.3 Å². The van der Waals surface area contributed by atoms with Gasteiger partial charge in [-0.2, -0.15) is 0 Å². The summed E-state index contributed by atoms with van der Waals surface area (Å²) in [5.41, 5.74) is 2.04. The first-order chi connectivity index (χ1) is 9.74. The van der Waals surface area contributed by atoms with Crippen LogP contribution in [0.4, 0.5) is 0 Å². The lowest BCUT2D eigenvalue weighted by Gasteiger charge is -2.27. The Kier molecular flexibility index (Phi) is 4.41. The Morgan fingerprint density at radius 3 is 2.70 bits per heavy atom. The van der Waals surface area contributed by atoms with E-state index in [1.165, 1.54) is 5.56 Å². The molecule has 1 fully saturated rings. The second-order valence-corrected chi connectivity index (χ2v) is 5.85. The van der Waals surface area contributed by atoms with E-state index >= 15 is 0 Å². The molecule has 1 aliphatic heterocycles. The van der Waals surface area contributed by atoms with Gasteiger partial charge < -0.3 is 10.2 Å². The van der Waals surface area contributed by atoms with Crippen molar-refractivity contribution in [3.05, 3.63) is 40.0 Å². The number of rotatable bonds is 3. The van der Waals surface area contributed by atoms with Gasteiger partial charge in [0.1, 0.15) is 5.15 Å². The zero-order valence-corrected chi connectivity index (χ0v) is 12.7. The Morgan fingerprint density at radius 2 is 1.90 bits per heavy atom. The summed E-state index contributed by atoms with van der Waals surface area (Å²) in [4.78, 5) is 6.76. The van der Waals surface area contributed by atoms with Crippen molar-refractivity contribution in [2.24, 2.45) is 0 Å². The number of pyridine rings is 1. The quantitative estimate of drug-likeness (QED) is 0.884. The van der Waals surface area contributed by atoms with Gasteiger partial charge in [-0.3, -0.25) is 0 Å². The van der Waals surface area contributed by atoms with Crippen LogP contribution in [0.3, 0.4) is 0 Å². The van der Waals surface area contributed by atoms with Crippen molar-refractivity contribution in [3.63, 3.8) is 0 Å². The summed E-state index contributed by atoms with van der Waals surface area (Å²) < 4.78 is 0. The predicted octanol–water partition coefficient (Wildman–Crippen LogP) is 2.99. The standard InChI is InChI=1S/C15H17Cl2N3/c16-14-4-2-12-13(19-14)3-1-11(15(12)17)5-8-20-9-6-18-7-10-20/h1-4,18H,5-10H2. The first-order valence-electron chi connectivity index (χ1n) is 6.91. The van der Waals surface area contributed by atoms with Crippen LogP contribution in [0, 0.1) is 0 Å². The molecule has 20 heavy (non-hydrogen) atoms. The lowest BCUT2D eigenvalue weighted by atomic mass is 10.1. The van der Waals surface area contributed by atoms with Crippen molar-refractivity contribution < 1.29 is 0 Å². The molecule has 0 atom stereocenters. The van der Waals surface area contributed by atoms with Crippen LogP contribution >= 0.6 is 23.2 Å². The van der Waals surface area contributed by atoms with Gasteiger partial charge in [-0.1, -0.05) is 29.3 Å². The molecule has 2 heterocycles. The average molecular weight is 310 g/mol. The second-order valence-electron chi connectivity index (χ2n) is 5.08. The van der Waals surface area contributed by atoms with Crippen LogP contribution in [0.5, 0.6) is 0 Å². The number of hydrogen-bond donors (Lipinski definition) is 1. The first kappa shape index (κ1) is 14.1. The number of nitrogens with zero attached hydrogens (tertiary/aromatic N) is 2. The Morgan fingerprint density at radius 1 is 1.10 bits per heavy atom. The van der Waals surface area contributed by atoms with E-state index < -0.39 is 0 Å². The summed E-state index contributed by atoms with van der Waals surface area (Å²) in [7, 11) is 0. The minimum absolute atomic E-state index is 0.502. The van der Waals surface area contributed by atoms with E-state index in [1.54, 1.807) is 6.07 Å². The second kappa shape index (κ2) is 6.27. The first-order valence-corrected chi connectivity index (χ1v) is 7.66. The molecule has 0 saturated carbocycles. The summed E-state index contributed by atoms with van der Waals surface area (Å²) in [6.45, 7) is 5.43. The summed E-state index contributed by atoms with van der Waals surface area (Å²) in [6, 6.07) is 7.80. The molecule has 0 spiro atoms. The molecule has 2 aromatic rings. The Bertz CT molecular complexity index is 609. The SMILES string of the molecule is Clc1ccc2c(Cl)c(CCN3CCNCC3)ccc2n1. The van der Waals surface area contributed by atoms with Crippen LogP contribution in [0.2, 0.25) is 10.2 Å². The van der Waals surface area contributed by atoms with Crippen molar-refractivity contribution in [2.45, 2.75) is 6.42 Å². The maximum atomic E-state index is 6.50. The topological polar surface area (TPSA) is 28.2 Å². The van der Waals surface area contributed by atoms with E-state index in [4.69, 9.17) is 23.2 Å². The molecule has 3 rings (SSSR count). The number of hydrogen-bond acceptors (Lipinski definition) is 3. The maximum absolute atomic E-state index is 6.50. The van der Waals surface area contributed by atoms with E-state index in [9.17, 15) is 0 Å². The average Bonchev–Trinajstić information content (AvgIpc) is 2.47. The minimum atomic E-state index is 0.502. The number of nitrogens with one attached hydrogen (secondary N) is 1.